The van der Waals surface area contributed by atoms with Gasteiger partial charge in [-0.25, -0.2) is 8.78 Å². The van der Waals surface area contributed by atoms with Crippen LogP contribution in [0.2, 0.25) is 0 Å². The fraction of sp³-hybridized carbons (Fsp3) is 0.212. The van der Waals surface area contributed by atoms with Crippen molar-refractivity contribution >= 4 is 68.7 Å². The highest BCUT2D eigenvalue weighted by atomic mass is 19.1. The number of nitrogens with one attached hydrogen (secondary N) is 1. The van der Waals surface area contributed by atoms with Crippen LogP contribution in [0.5, 0.6) is 11.5 Å². The van der Waals surface area contributed by atoms with E-state index in [2.05, 4.69) is 40.2 Å². The molecular weight excluding hydrogens is 581 g/mol. The third kappa shape index (κ3) is 6.99. The van der Waals surface area contributed by atoms with Crippen LogP contribution in [0.1, 0.15) is 45.6 Å². The minimum Gasteiger partial charge on any atom is -0.493 e. The van der Waals surface area contributed by atoms with Crippen molar-refractivity contribution in [2.24, 2.45) is 0 Å². The van der Waals surface area contributed by atoms with E-state index in [9.17, 15) is 8.78 Å². The van der Waals surface area contributed by atoms with Crippen molar-refractivity contribution < 1.29 is 18.3 Å². The topological polar surface area (TPSA) is 37.5 Å². The van der Waals surface area contributed by atoms with Gasteiger partial charge in [-0.2, -0.15) is 0 Å². The Balaban J connectivity index is 0.000000431. The van der Waals surface area contributed by atoms with Gasteiger partial charge in [-0.15, -0.1) is 0 Å². The Bertz CT molecular complexity index is 1850. The van der Waals surface area contributed by atoms with Gasteiger partial charge in [0.15, 0.2) is 11.5 Å². The summed E-state index contributed by atoms with van der Waals surface area (Å²) in [5.41, 5.74) is 7.86. The molecule has 47 heavy (non-hydrogen) atoms. The average Bonchev–Trinajstić information content (AvgIpc) is 3.44. The Morgan fingerprint density at radius 3 is 2.28 bits per heavy atom. The molecule has 14 heteroatoms. The van der Waals surface area contributed by atoms with E-state index in [1.165, 1.54) is 39.9 Å². The number of hydrogen-bond acceptors (Lipinski definition) is 3. The van der Waals surface area contributed by atoms with Gasteiger partial charge in [0.1, 0.15) is 18.2 Å². The molecule has 7 rings (SSSR count). The van der Waals surface area contributed by atoms with Crippen molar-refractivity contribution in [1.82, 2.24) is 9.88 Å². The average molecular weight is 609 g/mol. The highest BCUT2D eigenvalue weighted by Gasteiger charge is 2.41. The molecule has 1 aromatic heterocycles. The van der Waals surface area contributed by atoms with Crippen LogP contribution in [-0.2, 0) is 19.4 Å². The third-order valence-corrected chi connectivity index (χ3v) is 9.03. The minimum absolute atomic E-state index is 0.0290. The molecule has 0 spiro atoms. The molecule has 2 aliphatic heterocycles. The molecule has 0 bridgehead atoms. The lowest BCUT2D eigenvalue weighted by Crippen LogP contribution is -2.52. The monoisotopic (exact) mass is 610 g/mol. The maximum atomic E-state index is 13.9. The summed E-state index contributed by atoms with van der Waals surface area (Å²) in [6, 6.07) is 26.0. The summed E-state index contributed by atoms with van der Waals surface area (Å²) in [6.07, 6.45) is -0.0701. The van der Waals surface area contributed by atoms with Gasteiger partial charge in [0, 0.05) is 87.0 Å². The fourth-order valence-corrected chi connectivity index (χ4v) is 6.62. The van der Waals surface area contributed by atoms with E-state index in [-0.39, 0.29) is 30.3 Å². The van der Waals surface area contributed by atoms with Crippen molar-refractivity contribution in [1.29, 1.82) is 0 Å². The number of hydrogen-bond donors (Lipinski definition) is 1. The molecule has 5 aromatic rings. The predicted octanol–water partition coefficient (Wildman–Crippen LogP) is 4.23. The van der Waals surface area contributed by atoms with Crippen LogP contribution in [0.15, 0.2) is 84.9 Å². The van der Waals surface area contributed by atoms with E-state index < -0.39 is 19.2 Å². The van der Waals surface area contributed by atoms with Crippen molar-refractivity contribution in [3.8, 4) is 11.5 Å². The number of aromatic amines is 1. The number of aromatic nitrogens is 1. The largest absolute Gasteiger partial charge is 0.493 e. The Morgan fingerprint density at radius 2 is 1.60 bits per heavy atom. The molecule has 2 aliphatic rings. The number of halogens is 2. The highest BCUT2D eigenvalue weighted by molar-refractivity contribution is 7.89. The maximum Gasteiger partial charge on any atom is 0.162 e. The van der Waals surface area contributed by atoms with Crippen LogP contribution in [0.3, 0.4) is 0 Å². The molecule has 10 radical (unpaired) electrons. The lowest BCUT2D eigenvalue weighted by atomic mass is 8.68. The van der Waals surface area contributed by atoms with Crippen molar-refractivity contribution in [3.63, 3.8) is 0 Å². The molecule has 3 heterocycles. The number of ether oxygens (including phenoxy) is 2. The molecule has 4 aromatic carbocycles. The predicted molar refractivity (Wildman–Crippen MR) is 193 cm³/mol. The van der Waals surface area contributed by atoms with Gasteiger partial charge in [-0.05, 0) is 83.1 Å². The quantitative estimate of drug-likeness (QED) is 0.281. The van der Waals surface area contributed by atoms with E-state index in [0.29, 0.717) is 11.5 Å². The van der Waals surface area contributed by atoms with Crippen LogP contribution < -0.4 is 9.47 Å². The van der Waals surface area contributed by atoms with Crippen LogP contribution in [0.4, 0.5) is 8.78 Å². The SMILES string of the molecule is COc1cc2c(cc1OCc1cccc(F)c1)C1Cc3c([nH]c4ccccc34)C(c3ccc(F)cc3)N1CC2.[B]B([B])B([B])B([B])[B]. The van der Waals surface area contributed by atoms with Gasteiger partial charge in [-0.1, -0.05) is 42.5 Å². The zero-order chi connectivity index (χ0) is 33.2. The molecular formula is C33H28B8F2N2O2. The van der Waals surface area contributed by atoms with Crippen molar-refractivity contribution in [3.05, 3.63) is 130 Å². The molecule has 0 saturated heterocycles. The summed E-state index contributed by atoms with van der Waals surface area (Å²) in [5.74, 6) is 0.801. The summed E-state index contributed by atoms with van der Waals surface area (Å²) >= 11 is 0. The molecule has 0 aliphatic carbocycles. The second kappa shape index (κ2) is 14.2. The van der Waals surface area contributed by atoms with Crippen LogP contribution in [-0.4, -0.2) is 81.4 Å². The van der Waals surface area contributed by atoms with E-state index in [1.807, 2.05) is 24.3 Å². The summed E-state index contributed by atoms with van der Waals surface area (Å²) in [4.78, 5) is 6.22. The molecule has 0 fully saturated rings. The number of para-hydroxylation sites is 1. The first kappa shape index (κ1) is 33.3. The summed E-state index contributed by atoms with van der Waals surface area (Å²) < 4.78 is 39.6. The summed E-state index contributed by atoms with van der Waals surface area (Å²) in [5, 5.41) is 1.22. The Labute approximate surface area is 282 Å². The number of fused-ring (bicyclic) bond motifs is 6. The van der Waals surface area contributed by atoms with Crippen molar-refractivity contribution in [2.75, 3.05) is 13.7 Å². The molecule has 0 amide bonds. The molecule has 2 unspecified atom stereocenters. The molecule has 220 valence electrons. The Morgan fingerprint density at radius 1 is 0.851 bits per heavy atom. The van der Waals surface area contributed by atoms with E-state index in [4.69, 9.17) is 48.2 Å². The smallest absolute Gasteiger partial charge is 0.162 e. The van der Waals surface area contributed by atoms with Gasteiger partial charge in [0.25, 0.3) is 0 Å². The standard InChI is InChI=1S/C33H28F2N2O2.B8/c1-38-30-16-22-13-14-37-29(26(22)18-31(30)39-19-20-5-4-6-24(35)15-20)17-27-25-7-2-3-8-28(25)36-32(27)33(37)21-9-11-23(34)12-10-21;1-6(2)8(5)7(3)4/h2-12,15-16,18,29,33,36H,13-14,17,19H2,1H3;. The normalized spacial score (nSPS) is 16.6. The summed E-state index contributed by atoms with van der Waals surface area (Å²) in [6.45, 7) is 1.10. The van der Waals surface area contributed by atoms with Crippen LogP contribution in [0.25, 0.3) is 10.9 Å². The van der Waals surface area contributed by atoms with Crippen LogP contribution in [0, 0.1) is 11.6 Å². The van der Waals surface area contributed by atoms with Gasteiger partial charge < -0.3 is 14.5 Å². The molecule has 0 saturated carbocycles. The number of methoxy groups -OCH3 is 1. The zero-order valence-electron chi connectivity index (χ0n) is 26.2. The highest BCUT2D eigenvalue weighted by Crippen LogP contribution is 2.49. The first-order chi connectivity index (χ1) is 22.6. The lowest BCUT2D eigenvalue weighted by molar-refractivity contribution is 0.127. The van der Waals surface area contributed by atoms with Gasteiger partial charge in [0.2, 0.25) is 0 Å². The van der Waals surface area contributed by atoms with E-state index >= 15 is 0 Å². The first-order valence-electron chi connectivity index (χ1n) is 15.6. The van der Waals surface area contributed by atoms with Crippen LogP contribution >= 0.6 is 0 Å². The molecule has 4 nitrogen and oxygen atoms in total. The molecule has 2 atom stereocenters. The van der Waals surface area contributed by atoms with Crippen molar-refractivity contribution in [2.45, 2.75) is 31.5 Å². The van der Waals surface area contributed by atoms with Gasteiger partial charge >= 0.3 is 0 Å². The first-order valence-corrected chi connectivity index (χ1v) is 15.6. The maximum absolute atomic E-state index is 13.9. The Kier molecular flexibility index (Phi) is 10.1. The Hall–Kier alpha value is -3.64. The van der Waals surface area contributed by atoms with Gasteiger partial charge in [-0.3, -0.25) is 4.90 Å². The number of rotatable bonds is 7. The number of H-pyrrole nitrogens is 1. The zero-order valence-corrected chi connectivity index (χ0v) is 26.2. The fourth-order valence-electron chi connectivity index (χ4n) is 6.62. The minimum atomic E-state index is -0.630. The second-order valence-electron chi connectivity index (χ2n) is 12.1. The van der Waals surface area contributed by atoms with E-state index in [1.54, 1.807) is 25.3 Å². The summed E-state index contributed by atoms with van der Waals surface area (Å²) in [7, 11) is 27.4. The number of benzene rings is 4. The molecule has 1 N–H and O–H groups in total. The second-order valence-corrected chi connectivity index (χ2v) is 12.1. The van der Waals surface area contributed by atoms with E-state index in [0.717, 1.165) is 36.0 Å². The third-order valence-electron chi connectivity index (χ3n) is 9.03. The lowest BCUT2D eigenvalue weighted by Gasteiger charge is -2.46. The van der Waals surface area contributed by atoms with Gasteiger partial charge in [0.05, 0.1) is 13.2 Å². The number of nitrogens with zero attached hydrogens (tertiary/aromatic N) is 1.